The minimum absolute atomic E-state index is 0.00399. The van der Waals surface area contributed by atoms with Crippen molar-refractivity contribution in [1.29, 1.82) is 0 Å². The van der Waals surface area contributed by atoms with E-state index in [1.807, 2.05) is 18.0 Å². The number of amides is 2. The maximum Gasteiger partial charge on any atom is 0.254 e. The maximum absolute atomic E-state index is 13.6. The molecule has 0 radical (unpaired) electrons. The van der Waals surface area contributed by atoms with Crippen LogP contribution in [-0.2, 0) is 4.79 Å². The molecule has 2 amide bonds. The highest BCUT2D eigenvalue weighted by Crippen LogP contribution is 2.28. The van der Waals surface area contributed by atoms with Crippen molar-refractivity contribution in [3.8, 4) is 0 Å². The number of piperidine rings is 1. The molecule has 7 heteroatoms. The molecule has 1 fully saturated rings. The Balaban J connectivity index is 1.43. The lowest BCUT2D eigenvalue weighted by atomic mass is 9.91. The lowest BCUT2D eigenvalue weighted by Crippen LogP contribution is -2.39. The molecule has 0 spiro atoms. The number of likely N-dealkylation sites (tertiary alicyclic amines) is 1. The Kier molecular flexibility index (Phi) is 5.65. The highest BCUT2D eigenvalue weighted by molar-refractivity contribution is 5.94. The van der Waals surface area contributed by atoms with Crippen molar-refractivity contribution in [2.24, 2.45) is 0 Å². The second-order valence-electron chi connectivity index (χ2n) is 6.61. The van der Waals surface area contributed by atoms with Gasteiger partial charge in [0, 0.05) is 37.7 Å². The van der Waals surface area contributed by atoms with E-state index in [0.717, 1.165) is 24.1 Å². The van der Waals surface area contributed by atoms with Crippen LogP contribution in [0.4, 0.5) is 4.39 Å². The van der Waals surface area contributed by atoms with Gasteiger partial charge in [-0.05, 0) is 37.5 Å². The fraction of sp³-hybridized carbons (Fsp3) is 0.421. The van der Waals surface area contributed by atoms with Gasteiger partial charge in [0.2, 0.25) is 5.91 Å². The van der Waals surface area contributed by atoms with E-state index in [9.17, 15) is 14.0 Å². The molecule has 2 aromatic rings. The van der Waals surface area contributed by atoms with Crippen LogP contribution in [0.2, 0.25) is 0 Å². The Morgan fingerprint density at radius 1 is 1.31 bits per heavy atom. The van der Waals surface area contributed by atoms with Gasteiger partial charge in [-0.25, -0.2) is 4.39 Å². The number of aromatic nitrogens is 2. The largest absolute Gasteiger partial charge is 0.351 e. The van der Waals surface area contributed by atoms with Crippen LogP contribution in [0.25, 0.3) is 0 Å². The second kappa shape index (κ2) is 8.12. The van der Waals surface area contributed by atoms with Gasteiger partial charge in [-0.3, -0.25) is 14.7 Å². The van der Waals surface area contributed by atoms with Crippen molar-refractivity contribution < 1.29 is 14.0 Å². The summed E-state index contributed by atoms with van der Waals surface area (Å²) < 4.78 is 13.6. The van der Waals surface area contributed by atoms with Gasteiger partial charge in [0.15, 0.2) is 0 Å². The first-order chi connectivity index (χ1) is 12.6. The van der Waals surface area contributed by atoms with Crippen LogP contribution in [0.5, 0.6) is 0 Å². The van der Waals surface area contributed by atoms with E-state index < -0.39 is 11.7 Å². The summed E-state index contributed by atoms with van der Waals surface area (Å²) in [6, 6.07) is 5.80. The lowest BCUT2D eigenvalue weighted by molar-refractivity contribution is -0.132. The molecular weight excluding hydrogens is 335 g/mol. The Morgan fingerprint density at radius 2 is 2.04 bits per heavy atom. The third-order valence-corrected chi connectivity index (χ3v) is 4.87. The molecule has 3 rings (SSSR count). The van der Waals surface area contributed by atoms with Gasteiger partial charge < -0.3 is 10.2 Å². The van der Waals surface area contributed by atoms with E-state index in [-0.39, 0.29) is 24.4 Å². The number of hydrogen-bond acceptors (Lipinski definition) is 3. The molecule has 6 nitrogen and oxygen atoms in total. The van der Waals surface area contributed by atoms with Crippen molar-refractivity contribution >= 4 is 11.8 Å². The average molecular weight is 358 g/mol. The molecule has 0 saturated carbocycles. The lowest BCUT2D eigenvalue weighted by Gasteiger charge is -2.32. The molecule has 26 heavy (non-hydrogen) atoms. The predicted molar refractivity (Wildman–Crippen MR) is 95.2 cm³/mol. The van der Waals surface area contributed by atoms with Crippen LogP contribution in [0.15, 0.2) is 30.5 Å². The number of halogens is 1. The summed E-state index contributed by atoms with van der Waals surface area (Å²) in [5.41, 5.74) is 2.32. The minimum atomic E-state index is -0.563. The van der Waals surface area contributed by atoms with Gasteiger partial charge in [-0.1, -0.05) is 12.1 Å². The van der Waals surface area contributed by atoms with Crippen LogP contribution in [-0.4, -0.2) is 46.5 Å². The molecule has 138 valence electrons. The van der Waals surface area contributed by atoms with Crippen molar-refractivity contribution in [1.82, 2.24) is 20.4 Å². The molecule has 1 saturated heterocycles. The molecule has 1 aliphatic heterocycles. The molecule has 0 atom stereocenters. The van der Waals surface area contributed by atoms with Gasteiger partial charge in [0.1, 0.15) is 5.82 Å². The number of rotatable bonds is 5. The van der Waals surface area contributed by atoms with Crippen molar-refractivity contribution in [3.63, 3.8) is 0 Å². The molecule has 2 heterocycles. The van der Waals surface area contributed by atoms with E-state index >= 15 is 0 Å². The van der Waals surface area contributed by atoms with E-state index in [4.69, 9.17) is 0 Å². The van der Waals surface area contributed by atoms with Gasteiger partial charge >= 0.3 is 0 Å². The topological polar surface area (TPSA) is 78.1 Å². The molecule has 1 aromatic heterocycles. The number of carbonyl (C=O) groups is 2. The smallest absolute Gasteiger partial charge is 0.254 e. The summed E-state index contributed by atoms with van der Waals surface area (Å²) in [7, 11) is 0. The zero-order valence-corrected chi connectivity index (χ0v) is 14.8. The predicted octanol–water partition coefficient (Wildman–Crippen LogP) is 2.38. The van der Waals surface area contributed by atoms with E-state index in [1.54, 1.807) is 6.07 Å². The molecule has 1 aromatic carbocycles. The van der Waals surface area contributed by atoms with Crippen molar-refractivity contribution in [2.75, 3.05) is 19.6 Å². The number of aromatic amines is 1. The number of benzene rings is 1. The van der Waals surface area contributed by atoms with Gasteiger partial charge in [-0.2, -0.15) is 5.10 Å². The first-order valence-corrected chi connectivity index (χ1v) is 8.86. The fourth-order valence-electron chi connectivity index (χ4n) is 3.37. The van der Waals surface area contributed by atoms with Crippen LogP contribution in [0, 0.1) is 12.7 Å². The van der Waals surface area contributed by atoms with Crippen molar-refractivity contribution in [2.45, 2.75) is 32.1 Å². The maximum atomic E-state index is 13.6. The molecule has 0 unspecified atom stereocenters. The summed E-state index contributed by atoms with van der Waals surface area (Å²) >= 11 is 0. The third kappa shape index (κ3) is 4.09. The number of hydrogen-bond donors (Lipinski definition) is 2. The highest BCUT2D eigenvalue weighted by atomic mass is 19.1. The van der Waals surface area contributed by atoms with Crippen LogP contribution in [0.3, 0.4) is 0 Å². The van der Waals surface area contributed by atoms with Gasteiger partial charge in [0.05, 0.1) is 11.8 Å². The highest BCUT2D eigenvalue weighted by Gasteiger charge is 2.25. The van der Waals surface area contributed by atoms with Crippen LogP contribution >= 0.6 is 0 Å². The number of nitrogens with one attached hydrogen (secondary N) is 2. The van der Waals surface area contributed by atoms with Crippen LogP contribution < -0.4 is 5.32 Å². The quantitative estimate of drug-likeness (QED) is 0.861. The van der Waals surface area contributed by atoms with Crippen LogP contribution in [0.1, 0.15) is 46.8 Å². The summed E-state index contributed by atoms with van der Waals surface area (Å²) in [5.74, 6) is -0.641. The molecular formula is C19H23FN4O2. The monoisotopic (exact) mass is 358 g/mol. The van der Waals surface area contributed by atoms with Crippen molar-refractivity contribution in [3.05, 3.63) is 53.1 Å². The minimum Gasteiger partial charge on any atom is -0.351 e. The summed E-state index contributed by atoms with van der Waals surface area (Å²) in [6.45, 7) is 3.63. The zero-order chi connectivity index (χ0) is 18.5. The molecule has 0 aliphatic carbocycles. The number of carbonyl (C=O) groups excluding carboxylic acids is 2. The molecule has 0 bridgehead atoms. The second-order valence-corrected chi connectivity index (χ2v) is 6.61. The number of nitrogens with zero attached hydrogens (tertiary/aromatic N) is 2. The third-order valence-electron chi connectivity index (χ3n) is 4.87. The summed E-state index contributed by atoms with van der Waals surface area (Å²) in [4.78, 5) is 26.1. The Hall–Kier alpha value is -2.70. The first kappa shape index (κ1) is 18.1. The van der Waals surface area contributed by atoms with Gasteiger partial charge in [0.25, 0.3) is 5.91 Å². The van der Waals surface area contributed by atoms with E-state index in [1.165, 1.54) is 18.2 Å². The van der Waals surface area contributed by atoms with E-state index in [0.29, 0.717) is 19.0 Å². The number of aryl methyl sites for hydroxylation is 1. The Morgan fingerprint density at radius 3 is 2.69 bits per heavy atom. The fourth-order valence-corrected chi connectivity index (χ4v) is 3.37. The SMILES string of the molecule is Cc1cn[nH]c1C1CCN(C(=O)CCNC(=O)c2ccccc2F)CC1. The molecule has 2 N–H and O–H groups in total. The normalized spacial score (nSPS) is 15.1. The van der Waals surface area contributed by atoms with E-state index in [2.05, 4.69) is 15.5 Å². The summed E-state index contributed by atoms with van der Waals surface area (Å²) in [5, 5.41) is 9.73. The molecule has 1 aliphatic rings. The standard InChI is InChI=1S/C19H23FN4O2/c1-13-12-22-23-18(13)14-7-10-24(11-8-14)17(25)6-9-21-19(26)15-4-2-3-5-16(15)20/h2-5,12,14H,6-11H2,1H3,(H,21,26)(H,22,23). The van der Waals surface area contributed by atoms with Gasteiger partial charge in [-0.15, -0.1) is 0 Å². The Labute approximate surface area is 151 Å². The first-order valence-electron chi connectivity index (χ1n) is 8.86. The average Bonchev–Trinajstić information content (AvgIpc) is 3.08. The zero-order valence-electron chi connectivity index (χ0n) is 14.8. The Bertz CT molecular complexity index is 781. The summed E-state index contributed by atoms with van der Waals surface area (Å²) in [6.07, 6.45) is 3.84. The number of H-pyrrole nitrogens is 1.